The third-order valence-electron chi connectivity index (χ3n) is 7.11. The van der Waals surface area contributed by atoms with E-state index in [0.29, 0.717) is 5.92 Å². The number of hydrogen-bond donors (Lipinski definition) is 0. The van der Waals surface area contributed by atoms with E-state index in [1.165, 1.54) is 27.8 Å². The quantitative estimate of drug-likeness (QED) is 0.440. The van der Waals surface area contributed by atoms with Crippen LogP contribution in [0.3, 0.4) is 0 Å². The Kier molecular flexibility index (Phi) is 8.74. The first-order valence-electron chi connectivity index (χ1n) is 12.2. The number of allylic oxidation sites excluding steroid dienone is 4. The van der Waals surface area contributed by atoms with Gasteiger partial charge in [-0.15, -0.1) is 0 Å². The first kappa shape index (κ1) is 29.6. The van der Waals surface area contributed by atoms with Crippen molar-refractivity contribution in [2.45, 2.75) is 86.5 Å². The number of benzene rings is 2. The van der Waals surface area contributed by atoms with Crippen molar-refractivity contribution in [2.24, 2.45) is 11.3 Å². The van der Waals surface area contributed by atoms with Gasteiger partial charge in [-0.25, -0.2) is 0 Å². The summed E-state index contributed by atoms with van der Waals surface area (Å²) < 4.78 is 3.42. The maximum Gasteiger partial charge on any atom is -1.00 e. The van der Waals surface area contributed by atoms with Gasteiger partial charge in [0.25, 0.3) is 0 Å². The Morgan fingerprint density at radius 2 is 1.44 bits per heavy atom. The summed E-state index contributed by atoms with van der Waals surface area (Å²) in [5.41, 5.74) is 11.3. The van der Waals surface area contributed by atoms with Crippen molar-refractivity contribution in [3.63, 3.8) is 0 Å². The summed E-state index contributed by atoms with van der Waals surface area (Å²) >= 11 is -0.845. The van der Waals surface area contributed by atoms with Crippen molar-refractivity contribution in [3.05, 3.63) is 73.6 Å². The van der Waals surface area contributed by atoms with Crippen LogP contribution in [-0.4, -0.2) is 0 Å². The molecule has 0 N–H and O–H groups in total. The van der Waals surface area contributed by atoms with E-state index in [4.69, 9.17) is 0 Å². The van der Waals surface area contributed by atoms with E-state index in [9.17, 15) is 0 Å². The van der Waals surface area contributed by atoms with Gasteiger partial charge >= 0.3 is 209 Å². The Hall–Kier alpha value is -0.617. The fourth-order valence-electron chi connectivity index (χ4n) is 4.98. The van der Waals surface area contributed by atoms with Crippen molar-refractivity contribution in [2.75, 3.05) is 0 Å². The molecular weight excluding hydrogens is 534 g/mol. The van der Waals surface area contributed by atoms with Crippen LogP contribution >= 0.6 is 0 Å². The van der Waals surface area contributed by atoms with E-state index < -0.39 is 23.2 Å². The number of fused-ring (bicyclic) bond motifs is 3. The summed E-state index contributed by atoms with van der Waals surface area (Å²) in [6.07, 6.45) is 6.18. The molecule has 0 saturated carbocycles. The van der Waals surface area contributed by atoms with Gasteiger partial charge in [0.2, 0.25) is 0 Å². The second-order valence-electron chi connectivity index (χ2n) is 12.9. The van der Waals surface area contributed by atoms with Gasteiger partial charge in [0.05, 0.1) is 0 Å². The van der Waals surface area contributed by atoms with Gasteiger partial charge in [-0.1, -0.05) is 0 Å². The molecule has 1 unspecified atom stereocenters. The second kappa shape index (κ2) is 10.0. The van der Waals surface area contributed by atoms with E-state index in [1.54, 1.807) is 17.7 Å². The van der Waals surface area contributed by atoms with Crippen LogP contribution in [0.25, 0.3) is 11.1 Å². The van der Waals surface area contributed by atoms with Gasteiger partial charge in [-0.05, 0) is 0 Å². The van der Waals surface area contributed by atoms with E-state index in [1.807, 2.05) is 0 Å². The molecule has 182 valence electrons. The summed E-state index contributed by atoms with van der Waals surface area (Å²) in [7, 11) is 0. The Morgan fingerprint density at radius 1 is 0.794 bits per heavy atom. The molecule has 3 heteroatoms. The van der Waals surface area contributed by atoms with Crippen LogP contribution in [0.5, 0.6) is 0 Å². The number of halogens is 2. The minimum absolute atomic E-state index is 0. The molecule has 2 aromatic rings. The molecule has 2 aromatic carbocycles. The third kappa shape index (κ3) is 5.69. The molecule has 2 aliphatic rings. The topological polar surface area (TPSA) is 0 Å². The normalized spacial score (nSPS) is 17.1. The molecule has 0 fully saturated rings. The fraction of sp³-hybridized carbons (Fsp3) is 0.484. The molecule has 1 atom stereocenters. The number of hydrogen-bond acceptors (Lipinski definition) is 0. The maximum atomic E-state index is 2.56. The van der Waals surface area contributed by atoms with E-state index in [-0.39, 0.29) is 41.1 Å². The standard InChI is InChI=1S/C21H25.C10H15.2ClH.Zr/c1-20(2,3)16-11-10-14-12-15-8-7-9-18(21(4,5)6)19(15)17(14)13-16;1-8-5-6-9(7-8)10(2,3)4;;;/h7,9-11,13H,12H2,1-6H3;6-8H,1-4H3;2*1H;/q;;;;+2/p-2. The van der Waals surface area contributed by atoms with Gasteiger partial charge < -0.3 is 24.8 Å². The SMILES string of the molecule is CC1C=C(C(C)(C)C)C=[C]1[Zr+2][c]1ccc(C(C)(C)C)c2c1Cc1ccc(C(C)(C)C)cc1-2.[Cl-].[Cl-]. The molecule has 0 bridgehead atoms. The largest absolute Gasteiger partial charge is 1.00 e. The average Bonchev–Trinajstić information content (AvgIpc) is 3.21. The fourth-order valence-corrected chi connectivity index (χ4v) is 8.37. The molecule has 2 aliphatic carbocycles. The third-order valence-corrected chi connectivity index (χ3v) is 11.1. The predicted molar refractivity (Wildman–Crippen MR) is 137 cm³/mol. The molecule has 0 heterocycles. The van der Waals surface area contributed by atoms with Crippen LogP contribution in [0.2, 0.25) is 0 Å². The van der Waals surface area contributed by atoms with Gasteiger partial charge in [0.1, 0.15) is 0 Å². The van der Waals surface area contributed by atoms with Crippen LogP contribution in [0, 0.1) is 11.3 Å². The Labute approximate surface area is 232 Å². The average molecular weight is 575 g/mol. The number of rotatable bonds is 2. The zero-order valence-electron chi connectivity index (χ0n) is 22.6. The van der Waals surface area contributed by atoms with Gasteiger partial charge in [0, 0.05) is 0 Å². The smallest absolute Gasteiger partial charge is 1.00 e. The monoisotopic (exact) mass is 572 g/mol. The molecular formula is C31H40Cl2Zr. The first-order chi connectivity index (χ1) is 14.7. The van der Waals surface area contributed by atoms with Crippen molar-refractivity contribution in [1.82, 2.24) is 0 Å². The van der Waals surface area contributed by atoms with Crippen molar-refractivity contribution < 1.29 is 48.0 Å². The molecule has 0 aliphatic heterocycles. The van der Waals surface area contributed by atoms with Gasteiger partial charge in [-0.2, -0.15) is 0 Å². The maximum absolute atomic E-state index is 2.56. The zero-order chi connectivity index (χ0) is 23.6. The van der Waals surface area contributed by atoms with Crippen molar-refractivity contribution in [3.8, 4) is 11.1 Å². The molecule has 0 amide bonds. The predicted octanol–water partition coefficient (Wildman–Crippen LogP) is 2.07. The Morgan fingerprint density at radius 3 is 1.97 bits per heavy atom. The molecule has 0 nitrogen and oxygen atoms in total. The molecule has 0 radical (unpaired) electrons. The summed E-state index contributed by atoms with van der Waals surface area (Å²) in [5, 5.41) is 0. The Balaban J connectivity index is 0.00000204. The molecule has 0 saturated heterocycles. The molecule has 34 heavy (non-hydrogen) atoms. The minimum atomic E-state index is -0.845. The van der Waals surface area contributed by atoms with Crippen LogP contribution in [0.15, 0.2) is 51.3 Å². The van der Waals surface area contributed by atoms with E-state index in [2.05, 4.69) is 112 Å². The van der Waals surface area contributed by atoms with Crippen molar-refractivity contribution in [1.29, 1.82) is 0 Å². The summed E-state index contributed by atoms with van der Waals surface area (Å²) in [4.78, 5) is 0. The first-order valence-corrected chi connectivity index (χ1v) is 14.6. The van der Waals surface area contributed by atoms with E-state index >= 15 is 0 Å². The van der Waals surface area contributed by atoms with Crippen LogP contribution in [0.4, 0.5) is 0 Å². The Bertz CT molecular complexity index is 1130. The minimum Gasteiger partial charge on any atom is -1.00 e. The summed E-state index contributed by atoms with van der Waals surface area (Å²) in [6.45, 7) is 23.5. The van der Waals surface area contributed by atoms with Gasteiger partial charge in [0.15, 0.2) is 0 Å². The summed E-state index contributed by atoms with van der Waals surface area (Å²) in [5.74, 6) is 0.602. The van der Waals surface area contributed by atoms with Crippen LogP contribution in [0.1, 0.15) is 91.5 Å². The molecule has 0 aromatic heterocycles. The van der Waals surface area contributed by atoms with Gasteiger partial charge in [-0.3, -0.25) is 0 Å². The molecule has 0 spiro atoms. The zero-order valence-corrected chi connectivity index (χ0v) is 26.6. The van der Waals surface area contributed by atoms with Crippen LogP contribution in [-0.2, 0) is 40.5 Å². The summed E-state index contributed by atoms with van der Waals surface area (Å²) in [6, 6.07) is 12.2. The second-order valence-corrected chi connectivity index (χ2v) is 16.3. The van der Waals surface area contributed by atoms with Crippen molar-refractivity contribution >= 4 is 3.27 Å². The molecule has 4 rings (SSSR count). The van der Waals surface area contributed by atoms with Crippen LogP contribution < -0.4 is 28.1 Å². The van der Waals surface area contributed by atoms with E-state index in [0.717, 1.165) is 6.42 Å².